The number of rotatable bonds is 7. The van der Waals surface area contributed by atoms with Gasteiger partial charge in [-0.05, 0) is 55.0 Å². The van der Waals surface area contributed by atoms with E-state index in [0.717, 1.165) is 12.8 Å². The number of carbonyl (C=O) groups is 4. The number of hydrogen-bond donors (Lipinski definition) is 2. The van der Waals surface area contributed by atoms with Crippen molar-refractivity contribution in [3.8, 4) is 0 Å². The molecule has 0 saturated carbocycles. The molecule has 2 amide bonds. The van der Waals surface area contributed by atoms with Crippen molar-refractivity contribution in [2.24, 2.45) is 0 Å². The first-order valence-corrected chi connectivity index (χ1v) is 9.02. The van der Waals surface area contributed by atoms with Crippen LogP contribution in [-0.2, 0) is 9.47 Å². The second-order valence-electron chi connectivity index (χ2n) is 6.04. The van der Waals surface area contributed by atoms with Crippen LogP contribution >= 0.6 is 0 Å². The van der Waals surface area contributed by atoms with Gasteiger partial charge in [0.1, 0.15) is 0 Å². The van der Waals surface area contributed by atoms with Crippen LogP contribution in [-0.4, -0.2) is 37.5 Å². The van der Waals surface area contributed by atoms with Gasteiger partial charge in [-0.25, -0.2) is 9.59 Å². The predicted octanol–water partition coefficient (Wildman–Crippen LogP) is 2.50. The van der Waals surface area contributed by atoms with Crippen LogP contribution < -0.4 is 10.9 Å². The lowest BCUT2D eigenvalue weighted by molar-refractivity contribution is 0.0498. The highest BCUT2D eigenvalue weighted by Crippen LogP contribution is 2.08. The summed E-state index contributed by atoms with van der Waals surface area (Å²) in [5.74, 6) is -2.06. The molecule has 0 fully saturated rings. The number of hydrazine groups is 1. The number of unbranched alkanes of at least 4 members (excludes halogenated alkanes) is 1. The standard InChI is InChI=1S/C21H22N2O6/c1-3-4-13-29-21(27)17-11-7-15(8-12-17)19(25)23-22-18(24)14-5-9-16(10-6-14)20(26)28-2/h5-12H,3-4,13H2,1-2H3,(H,22,24)(H,23,25). The van der Waals surface area contributed by atoms with Crippen molar-refractivity contribution in [2.45, 2.75) is 19.8 Å². The van der Waals surface area contributed by atoms with Crippen molar-refractivity contribution in [1.29, 1.82) is 0 Å². The maximum atomic E-state index is 12.2. The summed E-state index contributed by atoms with van der Waals surface area (Å²) in [6.45, 7) is 2.35. The molecule has 0 heterocycles. The molecule has 8 nitrogen and oxygen atoms in total. The minimum atomic E-state index is -0.550. The van der Waals surface area contributed by atoms with Crippen LogP contribution in [0.3, 0.4) is 0 Å². The van der Waals surface area contributed by atoms with E-state index >= 15 is 0 Å². The van der Waals surface area contributed by atoms with E-state index in [2.05, 4.69) is 15.6 Å². The molecule has 29 heavy (non-hydrogen) atoms. The molecule has 0 saturated heterocycles. The van der Waals surface area contributed by atoms with Crippen LogP contribution in [0.4, 0.5) is 0 Å². The third-order valence-corrected chi connectivity index (χ3v) is 3.97. The zero-order valence-electron chi connectivity index (χ0n) is 16.2. The number of hydrogen-bond acceptors (Lipinski definition) is 6. The van der Waals surface area contributed by atoms with Gasteiger partial charge in [-0.3, -0.25) is 20.4 Å². The number of benzene rings is 2. The smallest absolute Gasteiger partial charge is 0.338 e. The number of nitrogens with one attached hydrogen (secondary N) is 2. The molecule has 0 aliphatic heterocycles. The topological polar surface area (TPSA) is 111 Å². The Kier molecular flexibility index (Phi) is 7.90. The number of methoxy groups -OCH3 is 1. The molecule has 152 valence electrons. The summed E-state index contributed by atoms with van der Waals surface area (Å²) in [4.78, 5) is 47.5. The van der Waals surface area contributed by atoms with Gasteiger partial charge in [0.05, 0.1) is 24.8 Å². The molecule has 0 atom stereocenters. The predicted molar refractivity (Wildman–Crippen MR) is 104 cm³/mol. The fourth-order valence-corrected chi connectivity index (χ4v) is 2.28. The molecule has 8 heteroatoms. The van der Waals surface area contributed by atoms with Gasteiger partial charge in [0.25, 0.3) is 11.8 Å². The first-order valence-electron chi connectivity index (χ1n) is 9.02. The molecule has 0 radical (unpaired) electrons. The third kappa shape index (κ3) is 6.17. The van der Waals surface area contributed by atoms with Gasteiger partial charge in [0.15, 0.2) is 0 Å². The zero-order valence-corrected chi connectivity index (χ0v) is 16.2. The average molecular weight is 398 g/mol. The van der Waals surface area contributed by atoms with Crippen LogP contribution in [0.15, 0.2) is 48.5 Å². The summed E-state index contributed by atoms with van der Waals surface area (Å²) in [5.41, 5.74) is 5.74. The van der Waals surface area contributed by atoms with Crippen LogP contribution in [0.2, 0.25) is 0 Å². The first kappa shape index (κ1) is 21.6. The second-order valence-corrected chi connectivity index (χ2v) is 6.04. The number of ether oxygens (including phenoxy) is 2. The Hall–Kier alpha value is -3.68. The van der Waals surface area contributed by atoms with Crippen LogP contribution in [0.25, 0.3) is 0 Å². The second kappa shape index (κ2) is 10.6. The SMILES string of the molecule is CCCCOC(=O)c1ccc(C(=O)NNC(=O)c2ccc(C(=O)OC)cc2)cc1. The molecule has 0 spiro atoms. The van der Waals surface area contributed by atoms with E-state index in [0.29, 0.717) is 17.7 Å². The van der Waals surface area contributed by atoms with Gasteiger partial charge in [0, 0.05) is 11.1 Å². The largest absolute Gasteiger partial charge is 0.465 e. The molecule has 2 N–H and O–H groups in total. The minimum Gasteiger partial charge on any atom is -0.465 e. The van der Waals surface area contributed by atoms with Crippen molar-refractivity contribution in [3.63, 3.8) is 0 Å². The van der Waals surface area contributed by atoms with E-state index in [1.54, 1.807) is 0 Å². The fraction of sp³-hybridized carbons (Fsp3) is 0.238. The fourth-order valence-electron chi connectivity index (χ4n) is 2.28. The molecular formula is C21H22N2O6. The highest BCUT2D eigenvalue weighted by molar-refractivity contribution is 6.00. The molecule has 2 aromatic carbocycles. The lowest BCUT2D eigenvalue weighted by Crippen LogP contribution is -2.41. The van der Waals surface area contributed by atoms with Crippen molar-refractivity contribution in [2.75, 3.05) is 13.7 Å². The van der Waals surface area contributed by atoms with Crippen LogP contribution in [0, 0.1) is 0 Å². The average Bonchev–Trinajstić information content (AvgIpc) is 2.77. The van der Waals surface area contributed by atoms with Gasteiger partial charge in [-0.1, -0.05) is 13.3 Å². The van der Waals surface area contributed by atoms with Gasteiger partial charge in [-0.2, -0.15) is 0 Å². The van der Waals surface area contributed by atoms with E-state index in [9.17, 15) is 19.2 Å². The Bertz CT molecular complexity index is 875. The van der Waals surface area contributed by atoms with Crippen LogP contribution in [0.5, 0.6) is 0 Å². The monoisotopic (exact) mass is 398 g/mol. The first-order chi connectivity index (χ1) is 14.0. The van der Waals surface area contributed by atoms with Gasteiger partial charge < -0.3 is 9.47 Å². The van der Waals surface area contributed by atoms with Gasteiger partial charge >= 0.3 is 11.9 Å². The summed E-state index contributed by atoms with van der Waals surface area (Å²) in [7, 11) is 1.26. The van der Waals surface area contributed by atoms with E-state index in [1.165, 1.54) is 55.6 Å². The Morgan fingerprint density at radius 1 is 0.724 bits per heavy atom. The summed E-state index contributed by atoms with van der Waals surface area (Å²) in [6.07, 6.45) is 1.71. The van der Waals surface area contributed by atoms with Gasteiger partial charge in [0.2, 0.25) is 0 Å². The molecule has 0 aliphatic carbocycles. The quantitative estimate of drug-likeness (QED) is 0.421. The maximum absolute atomic E-state index is 12.2. The van der Waals surface area contributed by atoms with Crippen molar-refractivity contribution < 1.29 is 28.7 Å². The maximum Gasteiger partial charge on any atom is 0.338 e. The molecule has 0 bridgehead atoms. The number of carbonyl (C=O) groups excluding carboxylic acids is 4. The lowest BCUT2D eigenvalue weighted by atomic mass is 10.1. The normalized spacial score (nSPS) is 10.0. The lowest BCUT2D eigenvalue weighted by Gasteiger charge is -2.08. The van der Waals surface area contributed by atoms with E-state index in [-0.39, 0.29) is 11.1 Å². The van der Waals surface area contributed by atoms with Crippen molar-refractivity contribution >= 4 is 23.8 Å². The van der Waals surface area contributed by atoms with E-state index < -0.39 is 23.8 Å². The Morgan fingerprint density at radius 3 is 1.55 bits per heavy atom. The summed E-state index contributed by atoms with van der Waals surface area (Å²) >= 11 is 0. The van der Waals surface area contributed by atoms with Crippen LogP contribution in [0.1, 0.15) is 61.2 Å². The number of esters is 2. The number of amides is 2. The van der Waals surface area contributed by atoms with Crippen molar-refractivity contribution in [1.82, 2.24) is 10.9 Å². The van der Waals surface area contributed by atoms with E-state index in [1.807, 2.05) is 6.92 Å². The summed E-state index contributed by atoms with van der Waals surface area (Å²) < 4.78 is 9.69. The van der Waals surface area contributed by atoms with Gasteiger partial charge in [-0.15, -0.1) is 0 Å². The molecule has 0 unspecified atom stereocenters. The molecule has 0 aliphatic rings. The molecular weight excluding hydrogens is 376 g/mol. The minimum absolute atomic E-state index is 0.253. The molecule has 2 aromatic rings. The molecule has 0 aromatic heterocycles. The summed E-state index contributed by atoms with van der Waals surface area (Å²) in [5, 5.41) is 0. The third-order valence-electron chi connectivity index (χ3n) is 3.97. The highest BCUT2D eigenvalue weighted by Gasteiger charge is 2.12. The Labute approximate surface area is 168 Å². The molecule has 2 rings (SSSR count). The zero-order chi connectivity index (χ0) is 21.2. The van der Waals surface area contributed by atoms with E-state index in [4.69, 9.17) is 4.74 Å². The Balaban J connectivity index is 1.89. The summed E-state index contributed by atoms with van der Waals surface area (Å²) in [6, 6.07) is 11.7. The van der Waals surface area contributed by atoms with Crippen molar-refractivity contribution in [3.05, 3.63) is 70.8 Å². The highest BCUT2D eigenvalue weighted by atomic mass is 16.5. The Morgan fingerprint density at radius 2 is 1.14 bits per heavy atom.